The van der Waals surface area contributed by atoms with Crippen LogP contribution >= 0.6 is 11.3 Å². The minimum absolute atomic E-state index is 0.0104. The van der Waals surface area contributed by atoms with Crippen LogP contribution in [0.5, 0.6) is 5.75 Å². The molecular formula is C18H19NO4S. The first-order valence-electron chi connectivity index (χ1n) is 8.28. The van der Waals surface area contributed by atoms with Crippen LogP contribution < -0.4 is 4.74 Å². The van der Waals surface area contributed by atoms with Gasteiger partial charge in [0.2, 0.25) is 0 Å². The van der Waals surface area contributed by atoms with Crippen molar-refractivity contribution >= 4 is 17.3 Å². The number of benzene rings is 1. The summed E-state index contributed by atoms with van der Waals surface area (Å²) in [5.41, 5.74) is 1.03. The average Bonchev–Trinajstić information content (AvgIpc) is 3.17. The lowest BCUT2D eigenvalue weighted by Crippen LogP contribution is -2.16. The highest BCUT2D eigenvalue weighted by molar-refractivity contribution is 7.15. The highest BCUT2D eigenvalue weighted by Crippen LogP contribution is 2.41. The Morgan fingerprint density at radius 3 is 2.83 bits per heavy atom. The van der Waals surface area contributed by atoms with Crippen molar-refractivity contribution in [3.05, 3.63) is 34.8 Å². The minimum atomic E-state index is -0.958. The number of carbonyl (C=O) groups is 1. The molecule has 24 heavy (non-hydrogen) atoms. The summed E-state index contributed by atoms with van der Waals surface area (Å²) in [7, 11) is 0. The van der Waals surface area contributed by atoms with Crippen LogP contribution in [-0.2, 0) is 4.74 Å². The molecule has 2 aliphatic rings. The first kappa shape index (κ1) is 15.6. The lowest BCUT2D eigenvalue weighted by Gasteiger charge is -2.23. The van der Waals surface area contributed by atoms with E-state index in [1.165, 1.54) is 24.1 Å². The van der Waals surface area contributed by atoms with Crippen molar-refractivity contribution in [2.24, 2.45) is 0 Å². The minimum Gasteiger partial charge on any atom is -0.488 e. The molecular weight excluding hydrogens is 326 g/mol. The van der Waals surface area contributed by atoms with Gasteiger partial charge in [0.15, 0.2) is 0 Å². The maximum Gasteiger partial charge on any atom is 0.335 e. The molecule has 1 atom stereocenters. The smallest absolute Gasteiger partial charge is 0.335 e. The number of carboxylic acid groups (broad SMARTS) is 1. The monoisotopic (exact) mass is 345 g/mol. The van der Waals surface area contributed by atoms with Crippen LogP contribution in [0.3, 0.4) is 0 Å². The van der Waals surface area contributed by atoms with Crippen molar-refractivity contribution in [1.29, 1.82) is 0 Å². The highest BCUT2D eigenvalue weighted by atomic mass is 32.1. The molecule has 0 spiro atoms. The summed E-state index contributed by atoms with van der Waals surface area (Å²) in [5.74, 6) is 0.242. The summed E-state index contributed by atoms with van der Waals surface area (Å²) in [6.45, 7) is 1.24. The number of ether oxygens (including phenoxy) is 2. The van der Waals surface area contributed by atoms with E-state index in [9.17, 15) is 9.90 Å². The first-order chi connectivity index (χ1) is 11.7. The van der Waals surface area contributed by atoms with E-state index in [0.717, 1.165) is 17.0 Å². The molecule has 1 aromatic carbocycles. The Hall–Kier alpha value is -1.92. The predicted octanol–water partition coefficient (Wildman–Crippen LogP) is 3.94. The van der Waals surface area contributed by atoms with Crippen molar-refractivity contribution in [1.82, 2.24) is 4.98 Å². The molecule has 1 aliphatic carbocycles. The number of aromatic carboxylic acids is 1. The summed E-state index contributed by atoms with van der Waals surface area (Å²) in [4.78, 5) is 17.2. The van der Waals surface area contributed by atoms with E-state index in [0.29, 0.717) is 24.9 Å². The molecule has 1 saturated heterocycles. The van der Waals surface area contributed by atoms with Crippen molar-refractivity contribution < 1.29 is 19.4 Å². The fourth-order valence-electron chi connectivity index (χ4n) is 3.01. The maximum absolute atomic E-state index is 11.4. The molecule has 2 fully saturated rings. The molecule has 0 amide bonds. The molecule has 5 nitrogen and oxygen atoms in total. The van der Waals surface area contributed by atoms with Crippen molar-refractivity contribution in [3.63, 3.8) is 0 Å². The number of thiazole rings is 1. The van der Waals surface area contributed by atoms with E-state index in [2.05, 4.69) is 4.98 Å². The standard InChI is InChI=1S/C18H19NO4S/c20-18(21)13-6-12(7-15(8-13)23-14-4-5-22-10-14)17-19-9-16(24-17)11-2-1-3-11/h6-9,11,14H,1-5,10H2,(H,20,21). The Balaban J connectivity index is 1.63. The van der Waals surface area contributed by atoms with E-state index in [-0.39, 0.29) is 11.7 Å². The largest absolute Gasteiger partial charge is 0.488 e. The number of hydrogen-bond donors (Lipinski definition) is 1. The third-order valence-electron chi connectivity index (χ3n) is 4.62. The fraction of sp³-hybridized carbons (Fsp3) is 0.444. The van der Waals surface area contributed by atoms with Gasteiger partial charge in [0.05, 0.1) is 18.8 Å². The van der Waals surface area contributed by atoms with Gasteiger partial charge >= 0.3 is 5.97 Å². The summed E-state index contributed by atoms with van der Waals surface area (Å²) < 4.78 is 11.2. The normalized spacial score (nSPS) is 20.8. The number of carboxylic acids is 1. The van der Waals surface area contributed by atoms with Crippen molar-refractivity contribution in [3.8, 4) is 16.3 Å². The van der Waals surface area contributed by atoms with Crippen LogP contribution in [0.2, 0.25) is 0 Å². The molecule has 2 aromatic rings. The first-order valence-corrected chi connectivity index (χ1v) is 9.09. The van der Waals surface area contributed by atoms with Gasteiger partial charge in [-0.05, 0) is 37.0 Å². The number of aromatic nitrogens is 1. The third-order valence-corrected chi connectivity index (χ3v) is 5.83. The number of rotatable bonds is 5. The van der Waals surface area contributed by atoms with Gasteiger partial charge in [-0.3, -0.25) is 0 Å². The van der Waals surface area contributed by atoms with Crippen molar-refractivity contribution in [2.75, 3.05) is 13.2 Å². The third kappa shape index (κ3) is 3.16. The molecule has 1 aromatic heterocycles. The summed E-state index contributed by atoms with van der Waals surface area (Å²) in [6.07, 6.45) is 6.50. The molecule has 1 aliphatic heterocycles. The van der Waals surface area contributed by atoms with Crippen LogP contribution in [0.25, 0.3) is 10.6 Å². The predicted molar refractivity (Wildman–Crippen MR) is 91.0 cm³/mol. The zero-order chi connectivity index (χ0) is 16.5. The van der Waals surface area contributed by atoms with Gasteiger partial charge in [0.25, 0.3) is 0 Å². The molecule has 126 valence electrons. The SMILES string of the molecule is O=C(O)c1cc(OC2CCOC2)cc(-c2ncc(C3CCC3)s2)c1. The Morgan fingerprint density at radius 1 is 1.29 bits per heavy atom. The molecule has 2 heterocycles. The molecule has 1 unspecified atom stereocenters. The van der Waals surface area contributed by atoms with Gasteiger partial charge in [-0.15, -0.1) is 11.3 Å². The lowest BCUT2D eigenvalue weighted by atomic mass is 9.85. The van der Waals surface area contributed by atoms with E-state index in [1.807, 2.05) is 12.3 Å². The van der Waals surface area contributed by atoms with Crippen LogP contribution in [0, 0.1) is 0 Å². The van der Waals surface area contributed by atoms with Crippen LogP contribution in [0.1, 0.15) is 46.8 Å². The molecule has 4 rings (SSSR count). The highest BCUT2D eigenvalue weighted by Gasteiger charge is 2.23. The van der Waals surface area contributed by atoms with Crippen LogP contribution in [0.15, 0.2) is 24.4 Å². The number of nitrogens with zero attached hydrogens (tertiary/aromatic N) is 1. The maximum atomic E-state index is 11.4. The molecule has 0 radical (unpaired) electrons. The summed E-state index contributed by atoms with van der Waals surface area (Å²) in [6, 6.07) is 5.13. The topological polar surface area (TPSA) is 68.7 Å². The Bertz CT molecular complexity index is 747. The molecule has 6 heteroatoms. The van der Waals surface area contributed by atoms with Crippen LogP contribution in [0.4, 0.5) is 0 Å². The van der Waals surface area contributed by atoms with Crippen molar-refractivity contribution in [2.45, 2.75) is 37.7 Å². The zero-order valence-corrected chi connectivity index (χ0v) is 14.1. The van der Waals surface area contributed by atoms with Gasteiger partial charge in [-0.25, -0.2) is 9.78 Å². The second-order valence-corrected chi connectivity index (χ2v) is 7.41. The molecule has 1 N–H and O–H groups in total. The zero-order valence-electron chi connectivity index (χ0n) is 13.2. The average molecular weight is 345 g/mol. The Morgan fingerprint density at radius 2 is 2.17 bits per heavy atom. The lowest BCUT2D eigenvalue weighted by molar-refractivity contribution is 0.0696. The van der Waals surface area contributed by atoms with E-state index < -0.39 is 5.97 Å². The quantitative estimate of drug-likeness (QED) is 0.889. The van der Waals surface area contributed by atoms with Gasteiger partial charge < -0.3 is 14.6 Å². The fourth-order valence-corrected chi connectivity index (χ4v) is 4.09. The Labute approximate surface area is 144 Å². The van der Waals surface area contributed by atoms with Crippen LogP contribution in [-0.4, -0.2) is 35.4 Å². The summed E-state index contributed by atoms with van der Waals surface area (Å²) >= 11 is 1.66. The Kier molecular flexibility index (Phi) is 4.24. The summed E-state index contributed by atoms with van der Waals surface area (Å²) in [5, 5.41) is 10.2. The second-order valence-electron chi connectivity index (χ2n) is 6.35. The van der Waals surface area contributed by atoms with E-state index in [1.54, 1.807) is 23.5 Å². The van der Waals surface area contributed by atoms with Gasteiger partial charge in [-0.1, -0.05) is 6.42 Å². The van der Waals surface area contributed by atoms with E-state index in [4.69, 9.17) is 9.47 Å². The van der Waals surface area contributed by atoms with Gasteiger partial charge in [-0.2, -0.15) is 0 Å². The molecule has 0 bridgehead atoms. The van der Waals surface area contributed by atoms with Gasteiger partial charge in [0, 0.05) is 23.1 Å². The second kappa shape index (κ2) is 6.53. The van der Waals surface area contributed by atoms with E-state index >= 15 is 0 Å². The van der Waals surface area contributed by atoms with Gasteiger partial charge in [0.1, 0.15) is 16.9 Å². The molecule has 1 saturated carbocycles. The number of hydrogen-bond acceptors (Lipinski definition) is 5.